The molecule has 3 rings (SSSR count). The van der Waals surface area contributed by atoms with Crippen molar-refractivity contribution in [2.45, 2.75) is 6.92 Å². The zero-order chi connectivity index (χ0) is 15.7. The van der Waals surface area contributed by atoms with Gasteiger partial charge in [0.25, 0.3) is 5.91 Å². The normalized spacial score (nSPS) is 15.1. The van der Waals surface area contributed by atoms with Gasteiger partial charge >= 0.3 is 0 Å². The number of aryl methyl sites for hydroxylation is 1. The fourth-order valence-corrected chi connectivity index (χ4v) is 4.89. The van der Waals surface area contributed by atoms with E-state index in [1.54, 1.807) is 18.2 Å². The van der Waals surface area contributed by atoms with E-state index in [0.717, 1.165) is 29.5 Å². The molecule has 1 aromatic carbocycles. The highest BCUT2D eigenvalue weighted by Gasteiger charge is 2.24. The van der Waals surface area contributed by atoms with Gasteiger partial charge in [0, 0.05) is 35.0 Å². The lowest BCUT2D eigenvalue weighted by atomic mass is 10.2. The Bertz CT molecular complexity index is 691. The number of thioether (sulfide) groups is 1. The van der Waals surface area contributed by atoms with Crippen LogP contribution in [0.3, 0.4) is 0 Å². The SMILES string of the molecule is Cc1sc(-c2c(Cl)cccc2Cl)nc1C(=O)N1CCSCC1. The van der Waals surface area contributed by atoms with Crippen molar-refractivity contribution >= 4 is 52.2 Å². The Morgan fingerprint density at radius 3 is 2.50 bits per heavy atom. The summed E-state index contributed by atoms with van der Waals surface area (Å²) in [5.74, 6) is 1.97. The molecule has 2 aromatic rings. The monoisotopic (exact) mass is 372 g/mol. The van der Waals surface area contributed by atoms with Crippen molar-refractivity contribution in [3.05, 3.63) is 38.8 Å². The Kier molecular flexibility index (Phi) is 4.97. The Labute approximate surface area is 147 Å². The third-order valence-corrected chi connectivity index (χ3v) is 6.03. The van der Waals surface area contributed by atoms with Crippen molar-refractivity contribution < 1.29 is 4.79 Å². The van der Waals surface area contributed by atoms with Crippen LogP contribution in [0.15, 0.2) is 18.2 Å². The third kappa shape index (κ3) is 3.13. The molecule has 2 heterocycles. The quantitative estimate of drug-likeness (QED) is 0.771. The van der Waals surface area contributed by atoms with Crippen LogP contribution in [0.4, 0.5) is 0 Å². The highest BCUT2D eigenvalue weighted by Crippen LogP contribution is 2.38. The van der Waals surface area contributed by atoms with Gasteiger partial charge in [-0.15, -0.1) is 11.3 Å². The molecule has 0 atom stereocenters. The summed E-state index contributed by atoms with van der Waals surface area (Å²) in [4.78, 5) is 19.9. The van der Waals surface area contributed by atoms with E-state index in [0.29, 0.717) is 26.3 Å². The molecule has 3 nitrogen and oxygen atoms in total. The van der Waals surface area contributed by atoms with Gasteiger partial charge < -0.3 is 4.90 Å². The van der Waals surface area contributed by atoms with Crippen molar-refractivity contribution in [1.82, 2.24) is 9.88 Å². The number of benzene rings is 1. The van der Waals surface area contributed by atoms with Gasteiger partial charge in [-0.25, -0.2) is 4.98 Å². The molecular formula is C15H14Cl2N2OS2. The van der Waals surface area contributed by atoms with Crippen LogP contribution in [-0.4, -0.2) is 40.4 Å². The molecule has 1 amide bonds. The van der Waals surface area contributed by atoms with Gasteiger partial charge in [0.15, 0.2) is 0 Å². The van der Waals surface area contributed by atoms with Gasteiger partial charge in [-0.05, 0) is 19.1 Å². The van der Waals surface area contributed by atoms with Crippen LogP contribution in [-0.2, 0) is 0 Å². The first kappa shape index (κ1) is 16.1. The van der Waals surface area contributed by atoms with E-state index < -0.39 is 0 Å². The van der Waals surface area contributed by atoms with Gasteiger partial charge in [-0.3, -0.25) is 4.79 Å². The molecule has 0 spiro atoms. The standard InChI is InChI=1S/C15H14Cl2N2OS2/c1-9-13(15(20)19-5-7-21-8-6-19)18-14(22-9)12-10(16)3-2-4-11(12)17/h2-4H,5-8H2,1H3. The number of halogens is 2. The fourth-order valence-electron chi connectivity index (χ4n) is 2.32. The second-order valence-corrected chi connectivity index (χ2v) is 8.17. The second kappa shape index (κ2) is 6.79. The minimum Gasteiger partial charge on any atom is -0.336 e. The number of carbonyl (C=O) groups is 1. The predicted molar refractivity (Wildman–Crippen MR) is 95.5 cm³/mol. The Hall–Kier alpha value is -0.750. The Balaban J connectivity index is 1.95. The maximum Gasteiger partial charge on any atom is 0.273 e. The van der Waals surface area contributed by atoms with Gasteiger partial charge in [-0.1, -0.05) is 29.3 Å². The van der Waals surface area contributed by atoms with E-state index in [1.165, 1.54) is 11.3 Å². The summed E-state index contributed by atoms with van der Waals surface area (Å²) in [6.07, 6.45) is 0. The molecule has 0 N–H and O–H groups in total. The van der Waals surface area contributed by atoms with Crippen molar-refractivity contribution in [1.29, 1.82) is 0 Å². The summed E-state index contributed by atoms with van der Waals surface area (Å²) in [6, 6.07) is 5.36. The van der Waals surface area contributed by atoms with Crippen LogP contribution in [0.2, 0.25) is 10.0 Å². The minimum atomic E-state index is 0.00322. The van der Waals surface area contributed by atoms with Crippen LogP contribution in [0.1, 0.15) is 15.4 Å². The highest BCUT2D eigenvalue weighted by molar-refractivity contribution is 7.99. The number of aromatic nitrogens is 1. The second-order valence-electron chi connectivity index (χ2n) is 4.93. The first-order chi connectivity index (χ1) is 10.6. The summed E-state index contributed by atoms with van der Waals surface area (Å²) < 4.78 is 0. The van der Waals surface area contributed by atoms with Crippen LogP contribution >= 0.6 is 46.3 Å². The summed E-state index contributed by atoms with van der Waals surface area (Å²) in [5.41, 5.74) is 1.22. The molecule has 22 heavy (non-hydrogen) atoms. The molecule has 1 aromatic heterocycles. The molecule has 1 aliphatic heterocycles. The number of rotatable bonds is 2. The van der Waals surface area contributed by atoms with E-state index >= 15 is 0 Å². The highest BCUT2D eigenvalue weighted by atomic mass is 35.5. The average Bonchev–Trinajstić information content (AvgIpc) is 2.89. The lowest BCUT2D eigenvalue weighted by Crippen LogP contribution is -2.38. The fraction of sp³-hybridized carbons (Fsp3) is 0.333. The summed E-state index contributed by atoms with van der Waals surface area (Å²) in [5, 5.41) is 1.80. The number of hydrogen-bond donors (Lipinski definition) is 0. The number of carbonyl (C=O) groups excluding carboxylic acids is 1. The first-order valence-electron chi connectivity index (χ1n) is 6.86. The molecule has 1 fully saturated rings. The summed E-state index contributed by atoms with van der Waals surface area (Å²) in [6.45, 7) is 3.48. The van der Waals surface area contributed by atoms with Gasteiger partial charge in [0.1, 0.15) is 10.7 Å². The average molecular weight is 373 g/mol. The molecular weight excluding hydrogens is 359 g/mol. The molecule has 0 unspecified atom stereocenters. The smallest absolute Gasteiger partial charge is 0.273 e. The maximum absolute atomic E-state index is 12.6. The molecule has 1 aliphatic rings. The van der Waals surface area contributed by atoms with Crippen molar-refractivity contribution in [2.75, 3.05) is 24.6 Å². The van der Waals surface area contributed by atoms with Crippen LogP contribution in [0.5, 0.6) is 0 Å². The lowest BCUT2D eigenvalue weighted by molar-refractivity contribution is 0.0766. The molecule has 0 aliphatic carbocycles. The minimum absolute atomic E-state index is 0.00322. The van der Waals surface area contributed by atoms with Gasteiger partial charge in [-0.2, -0.15) is 11.8 Å². The van der Waals surface area contributed by atoms with E-state index in [-0.39, 0.29) is 5.91 Å². The maximum atomic E-state index is 12.6. The molecule has 0 bridgehead atoms. The summed E-state index contributed by atoms with van der Waals surface area (Å²) in [7, 11) is 0. The van der Waals surface area contributed by atoms with Crippen molar-refractivity contribution in [3.8, 4) is 10.6 Å². The van der Waals surface area contributed by atoms with E-state index in [4.69, 9.17) is 23.2 Å². The van der Waals surface area contributed by atoms with Crippen LogP contribution in [0.25, 0.3) is 10.6 Å². The topological polar surface area (TPSA) is 33.2 Å². The predicted octanol–water partition coefficient (Wildman–Crippen LogP) is 4.61. The zero-order valence-electron chi connectivity index (χ0n) is 11.9. The van der Waals surface area contributed by atoms with E-state index in [2.05, 4.69) is 4.98 Å². The number of thiazole rings is 1. The number of amides is 1. The third-order valence-electron chi connectivity index (χ3n) is 3.47. The molecule has 1 saturated heterocycles. The van der Waals surface area contributed by atoms with E-state index in [9.17, 15) is 4.79 Å². The van der Waals surface area contributed by atoms with Gasteiger partial charge in [0.2, 0.25) is 0 Å². The molecule has 0 radical (unpaired) electrons. The Morgan fingerprint density at radius 1 is 1.23 bits per heavy atom. The zero-order valence-corrected chi connectivity index (χ0v) is 15.1. The molecule has 116 valence electrons. The first-order valence-corrected chi connectivity index (χ1v) is 9.59. The largest absolute Gasteiger partial charge is 0.336 e. The Morgan fingerprint density at radius 2 is 1.86 bits per heavy atom. The molecule has 7 heteroatoms. The lowest BCUT2D eigenvalue weighted by Gasteiger charge is -2.25. The van der Waals surface area contributed by atoms with Crippen LogP contribution in [0, 0.1) is 6.92 Å². The van der Waals surface area contributed by atoms with E-state index in [1.807, 2.05) is 23.6 Å². The van der Waals surface area contributed by atoms with Crippen molar-refractivity contribution in [3.63, 3.8) is 0 Å². The number of nitrogens with zero attached hydrogens (tertiary/aromatic N) is 2. The van der Waals surface area contributed by atoms with Gasteiger partial charge in [0.05, 0.1) is 10.0 Å². The number of hydrogen-bond acceptors (Lipinski definition) is 4. The van der Waals surface area contributed by atoms with Crippen molar-refractivity contribution in [2.24, 2.45) is 0 Å². The summed E-state index contributed by atoms with van der Waals surface area (Å²) >= 11 is 15.8. The van der Waals surface area contributed by atoms with Crippen LogP contribution < -0.4 is 0 Å². The molecule has 0 saturated carbocycles.